The molecule has 1 aliphatic carbocycles. The van der Waals surface area contributed by atoms with Crippen molar-refractivity contribution in [2.45, 2.75) is 84.5 Å². The summed E-state index contributed by atoms with van der Waals surface area (Å²) in [6.45, 7) is 9.61. The van der Waals surface area contributed by atoms with Gasteiger partial charge >= 0.3 is 5.97 Å². The first-order chi connectivity index (χ1) is 25.0. The Balaban J connectivity index is 0.00000224. The number of nitrogens with one attached hydrogen (secondary N) is 2. The fraction of sp³-hybridized carbons (Fsp3) is 0.487. The molecule has 6 bridgehead atoms. The zero-order valence-corrected chi connectivity index (χ0v) is 38.6. The zero-order chi connectivity index (χ0) is 36.7. The summed E-state index contributed by atoms with van der Waals surface area (Å²) in [6.07, 6.45) is 3.93. The number of carbonyl (C=O) groups excluding carboxylic acids is 3. The molecule has 312 valence electrons. The number of hydrogen-bond acceptors (Lipinski definition) is 10. The number of benzene rings is 1. The van der Waals surface area contributed by atoms with Crippen molar-refractivity contribution < 1.29 is 23.9 Å². The van der Waals surface area contributed by atoms with Crippen LogP contribution in [0, 0.1) is 28.6 Å². The first-order valence-electron chi connectivity index (χ1n) is 18.0. The number of aromatic nitrogens is 3. The van der Waals surface area contributed by atoms with Gasteiger partial charge in [0.15, 0.2) is 0 Å². The number of hydrogen-bond donors (Lipinski definition) is 2. The van der Waals surface area contributed by atoms with Crippen LogP contribution in [-0.2, 0) is 43.2 Å². The molecule has 5 heterocycles. The number of cyclic esters (lactones) is 1. The van der Waals surface area contributed by atoms with Gasteiger partial charge in [0.25, 0.3) is 5.91 Å². The number of methoxy groups -OCH3 is 1. The van der Waals surface area contributed by atoms with Gasteiger partial charge < -0.3 is 19.4 Å². The highest BCUT2D eigenvalue weighted by molar-refractivity contribution is 7.60. The van der Waals surface area contributed by atoms with E-state index in [2.05, 4.69) is 66.4 Å². The van der Waals surface area contributed by atoms with Crippen LogP contribution in [0.2, 0.25) is 0 Å². The van der Waals surface area contributed by atoms with E-state index in [0.717, 1.165) is 51.2 Å². The molecule has 12 nitrogen and oxygen atoms in total. The van der Waals surface area contributed by atoms with Crippen molar-refractivity contribution in [2.24, 2.45) is 17.3 Å². The molecule has 2 fully saturated rings. The van der Waals surface area contributed by atoms with Crippen molar-refractivity contribution in [1.82, 2.24) is 30.3 Å². The Labute approximate surface area is 373 Å². The van der Waals surface area contributed by atoms with Crippen molar-refractivity contribution in [3.05, 3.63) is 58.2 Å². The van der Waals surface area contributed by atoms with Gasteiger partial charge in [-0.05, 0) is 69.4 Å². The second-order valence-electron chi connectivity index (χ2n) is 14.8. The fourth-order valence-electron chi connectivity index (χ4n) is 7.47. The van der Waals surface area contributed by atoms with Gasteiger partial charge in [-0.25, -0.2) is 10.4 Å². The molecule has 4 aromatic rings. The van der Waals surface area contributed by atoms with Crippen LogP contribution in [0.3, 0.4) is 0 Å². The molecule has 1 saturated carbocycles. The van der Waals surface area contributed by atoms with Gasteiger partial charge in [-0.15, -0.1) is 11.3 Å². The lowest BCUT2D eigenvalue weighted by Crippen LogP contribution is -2.60. The summed E-state index contributed by atoms with van der Waals surface area (Å²) in [6, 6.07) is 11.0. The fourth-order valence-corrected chi connectivity index (χ4v) is 8.32. The topological polar surface area (TPSA) is 151 Å². The Kier molecular flexibility index (Phi) is 18.4. The smallest absolute Gasteiger partial charge is 0.324 e. The Bertz CT molecular complexity index is 2090. The maximum Gasteiger partial charge on any atom is 0.324 e. The highest BCUT2D eigenvalue weighted by atomic mass is 32.1. The van der Waals surface area contributed by atoms with E-state index >= 15 is 0 Å². The third-order valence-electron chi connectivity index (χ3n) is 10.4. The molecule has 57 heavy (non-hydrogen) atoms. The number of fused-ring (bicyclic) bond motifs is 6. The van der Waals surface area contributed by atoms with Crippen LogP contribution in [0.4, 0.5) is 0 Å². The first-order valence-corrected chi connectivity index (χ1v) is 18.9. The number of rotatable bonds is 6. The Morgan fingerprint density at radius 1 is 1.19 bits per heavy atom. The standard InChI is InChI=1S/C39H45N7O5S.5H2S/c1-6-45-32-12-11-23-15-27(32)28(35(45)25-9-7-13-41-34(25)22(2)50-5)18-39(3,4)21-51-38(49)29-10-8-14-46(44-29)37(48)30(17-33-42-31(23)20-52-33)43-36(47)26-16-24(26)19-40;;;;;/h7,9,11-13,15,20,22,24,26,29-30,44H,6,8,10,14,16-18,21H2,1-5H3,(H,43,47);5*1H2/t22-,24+,26-,29-,30-;;;;;/m0...../s1. The van der Waals surface area contributed by atoms with Crippen molar-refractivity contribution in [2.75, 3.05) is 20.3 Å². The summed E-state index contributed by atoms with van der Waals surface area (Å²) in [4.78, 5) is 50.5. The second kappa shape index (κ2) is 20.9. The van der Waals surface area contributed by atoms with Crippen LogP contribution in [0.15, 0.2) is 41.9 Å². The third kappa shape index (κ3) is 10.5. The van der Waals surface area contributed by atoms with E-state index in [1.165, 1.54) is 16.3 Å². The molecule has 0 unspecified atom stereocenters. The van der Waals surface area contributed by atoms with Crippen LogP contribution in [-0.4, -0.2) is 69.7 Å². The number of amides is 2. The molecule has 3 aliphatic rings. The number of nitriles is 1. The monoisotopic (exact) mass is 893 g/mol. The highest BCUT2D eigenvalue weighted by Gasteiger charge is 2.45. The lowest BCUT2D eigenvalue weighted by Gasteiger charge is -2.35. The van der Waals surface area contributed by atoms with Crippen LogP contribution >= 0.6 is 78.8 Å². The minimum Gasteiger partial charge on any atom is -0.464 e. The SMILES string of the molecule is CCn1c(-c2cccnc2[C@H](C)OC)c2c3cc(ccc31)-c1csc(n1)C[C@H](NC(=O)[C@H]1C[C@@H]1C#N)C(=O)N1CCC[C@H](N1)C(=O)OCC(C)(C)C2.S.S.S.S.S. The van der Waals surface area contributed by atoms with Gasteiger partial charge in [0.05, 0.1) is 52.7 Å². The van der Waals surface area contributed by atoms with E-state index in [0.29, 0.717) is 37.2 Å². The number of ether oxygens (including phenoxy) is 2. The summed E-state index contributed by atoms with van der Waals surface area (Å²) in [5.41, 5.74) is 9.45. The van der Waals surface area contributed by atoms with E-state index in [1.54, 1.807) is 13.3 Å². The van der Waals surface area contributed by atoms with E-state index in [1.807, 2.05) is 18.4 Å². The molecule has 18 heteroatoms. The van der Waals surface area contributed by atoms with Crippen molar-refractivity contribution in [1.29, 1.82) is 5.26 Å². The molecule has 2 amide bonds. The average Bonchev–Trinajstić information content (AvgIpc) is 3.71. The maximum atomic E-state index is 14.0. The van der Waals surface area contributed by atoms with E-state index in [9.17, 15) is 19.6 Å². The Morgan fingerprint density at radius 2 is 1.95 bits per heavy atom. The third-order valence-corrected chi connectivity index (χ3v) is 11.3. The predicted molar refractivity (Wildman–Crippen MR) is 248 cm³/mol. The van der Waals surface area contributed by atoms with E-state index in [-0.39, 0.29) is 104 Å². The van der Waals surface area contributed by atoms with Crippen LogP contribution in [0.5, 0.6) is 0 Å². The van der Waals surface area contributed by atoms with Gasteiger partial charge in [-0.2, -0.15) is 72.7 Å². The summed E-state index contributed by atoms with van der Waals surface area (Å²) in [5.74, 6) is -1.86. The lowest BCUT2D eigenvalue weighted by atomic mass is 9.84. The number of carbonyl (C=O) groups is 3. The normalized spacial score (nSPS) is 21.6. The van der Waals surface area contributed by atoms with Gasteiger partial charge in [0, 0.05) is 65.6 Å². The number of nitrogens with zero attached hydrogens (tertiary/aromatic N) is 5. The minimum atomic E-state index is -0.926. The number of pyridine rings is 1. The lowest BCUT2D eigenvalue weighted by molar-refractivity contribution is -0.155. The maximum absolute atomic E-state index is 14.0. The first kappa shape index (κ1) is 50.3. The average molecular weight is 894 g/mol. The Morgan fingerprint density at radius 3 is 2.63 bits per heavy atom. The quantitative estimate of drug-likeness (QED) is 0.225. The van der Waals surface area contributed by atoms with Gasteiger partial charge in [-0.3, -0.25) is 24.4 Å². The molecule has 0 spiro atoms. The van der Waals surface area contributed by atoms with Crippen LogP contribution in [0.1, 0.15) is 69.3 Å². The number of aryl methyl sites for hydroxylation is 1. The molecule has 1 aromatic carbocycles. The van der Waals surface area contributed by atoms with Gasteiger partial charge in [-0.1, -0.05) is 19.9 Å². The number of hydrazine groups is 1. The van der Waals surface area contributed by atoms with E-state index in [4.69, 9.17) is 19.4 Å². The molecule has 7 rings (SSSR count). The van der Waals surface area contributed by atoms with E-state index < -0.39 is 29.4 Å². The number of esters is 1. The second-order valence-corrected chi connectivity index (χ2v) is 15.8. The molecule has 2 N–H and O–H groups in total. The summed E-state index contributed by atoms with van der Waals surface area (Å²) >= 11 is 1.44. The largest absolute Gasteiger partial charge is 0.464 e. The molecule has 3 aromatic heterocycles. The molecular weight excluding hydrogens is 839 g/mol. The highest BCUT2D eigenvalue weighted by Crippen LogP contribution is 2.42. The van der Waals surface area contributed by atoms with Crippen molar-refractivity contribution >= 4 is 108 Å². The van der Waals surface area contributed by atoms with Crippen LogP contribution < -0.4 is 10.7 Å². The summed E-state index contributed by atoms with van der Waals surface area (Å²) in [5, 5.41) is 17.4. The van der Waals surface area contributed by atoms with Crippen molar-refractivity contribution in [3.8, 4) is 28.6 Å². The molecule has 0 radical (unpaired) electrons. The molecule has 2 aliphatic heterocycles. The molecule has 1 saturated heterocycles. The van der Waals surface area contributed by atoms with Crippen molar-refractivity contribution in [3.63, 3.8) is 0 Å². The zero-order valence-electron chi connectivity index (χ0n) is 32.8. The Hall–Kier alpha value is -2.89. The van der Waals surface area contributed by atoms with Crippen LogP contribution in [0.25, 0.3) is 33.4 Å². The number of thiazole rings is 1. The minimum absolute atomic E-state index is 0. The predicted octanol–water partition coefficient (Wildman–Crippen LogP) is 5.93. The molecular formula is C39H55N7O5S6. The summed E-state index contributed by atoms with van der Waals surface area (Å²) < 4.78 is 14.1. The molecule has 5 atom stereocenters. The van der Waals surface area contributed by atoms with Gasteiger partial charge in [0.1, 0.15) is 12.1 Å². The summed E-state index contributed by atoms with van der Waals surface area (Å²) in [7, 11) is 1.69. The van der Waals surface area contributed by atoms with Gasteiger partial charge in [0.2, 0.25) is 5.91 Å².